The van der Waals surface area contributed by atoms with Crippen molar-refractivity contribution in [1.29, 1.82) is 0 Å². The molecule has 0 spiro atoms. The van der Waals surface area contributed by atoms with E-state index in [-0.39, 0.29) is 11.3 Å². The molecule has 0 amide bonds. The highest BCUT2D eigenvalue weighted by molar-refractivity contribution is 5.84. The fourth-order valence-corrected chi connectivity index (χ4v) is 2.72. The molecule has 0 saturated carbocycles. The number of halogens is 3. The van der Waals surface area contributed by atoms with Crippen LogP contribution in [0.3, 0.4) is 0 Å². The summed E-state index contributed by atoms with van der Waals surface area (Å²) in [5.74, 6) is -1.21. The minimum Gasteiger partial charge on any atom is -0.457 e. The Morgan fingerprint density at radius 2 is 1.52 bits per heavy atom. The van der Waals surface area contributed by atoms with Crippen molar-refractivity contribution in [2.75, 3.05) is 0 Å². The predicted octanol–water partition coefficient (Wildman–Crippen LogP) is 6.32. The van der Waals surface area contributed by atoms with Gasteiger partial charge in [-0.15, -0.1) is 0 Å². The van der Waals surface area contributed by atoms with Gasteiger partial charge in [0.1, 0.15) is 23.0 Å². The van der Waals surface area contributed by atoms with E-state index >= 15 is 0 Å². The van der Waals surface area contributed by atoms with Gasteiger partial charge in [0.25, 0.3) is 0 Å². The topological polar surface area (TPSA) is 65.7 Å². The molecular weight excluding hydrogens is 437 g/mol. The van der Waals surface area contributed by atoms with Gasteiger partial charge in [-0.3, -0.25) is 0 Å². The summed E-state index contributed by atoms with van der Waals surface area (Å²) in [5, 5.41) is 0. The molecule has 0 bridgehead atoms. The Morgan fingerprint density at radius 3 is 2.15 bits per heavy atom. The number of rotatable bonds is 7. The number of alkyl halides is 3. The number of hydrogen-bond donors (Lipinski definition) is 0. The van der Waals surface area contributed by atoms with Gasteiger partial charge in [0.15, 0.2) is 0 Å². The number of benzene rings is 2. The van der Waals surface area contributed by atoms with E-state index in [4.69, 9.17) is 9.15 Å². The lowest BCUT2D eigenvalue weighted by Crippen LogP contribution is -2.11. The highest BCUT2D eigenvalue weighted by Gasteiger charge is 2.35. The zero-order chi connectivity index (χ0) is 24.0. The Balaban J connectivity index is 1.79. The first-order valence-electron chi connectivity index (χ1n) is 9.47. The summed E-state index contributed by atoms with van der Waals surface area (Å²) in [7, 11) is 0. The monoisotopic (exact) mass is 454 g/mol. The van der Waals surface area contributed by atoms with Crippen LogP contribution in [-0.2, 0) is 15.8 Å². The van der Waals surface area contributed by atoms with E-state index in [2.05, 4.69) is 17.9 Å². The molecule has 5 nitrogen and oxygen atoms in total. The van der Waals surface area contributed by atoms with Crippen LogP contribution in [-0.4, -0.2) is 11.9 Å². The maximum absolute atomic E-state index is 13.4. The maximum atomic E-state index is 13.4. The molecular formula is C25H17F3O5. The number of furan rings is 1. The van der Waals surface area contributed by atoms with E-state index in [0.29, 0.717) is 11.5 Å². The van der Waals surface area contributed by atoms with Crippen molar-refractivity contribution in [3.8, 4) is 22.8 Å². The first-order valence-corrected chi connectivity index (χ1v) is 9.47. The average Bonchev–Trinajstić information content (AvgIpc) is 3.27. The van der Waals surface area contributed by atoms with Gasteiger partial charge in [-0.1, -0.05) is 31.4 Å². The largest absolute Gasteiger partial charge is 0.457 e. The first kappa shape index (κ1) is 23.3. The summed E-state index contributed by atoms with van der Waals surface area (Å²) in [6.45, 7) is 6.50. The highest BCUT2D eigenvalue weighted by Crippen LogP contribution is 2.39. The molecule has 0 radical (unpaired) electrons. The lowest BCUT2D eigenvalue weighted by molar-refractivity contribution is -0.140. The maximum Gasteiger partial charge on any atom is 0.420 e. The molecule has 0 aliphatic heterocycles. The molecule has 0 atom stereocenters. The van der Waals surface area contributed by atoms with Crippen molar-refractivity contribution in [1.82, 2.24) is 0 Å². The van der Waals surface area contributed by atoms with Gasteiger partial charge >= 0.3 is 18.1 Å². The van der Waals surface area contributed by atoms with E-state index in [0.717, 1.165) is 29.8 Å². The second-order valence-corrected chi connectivity index (χ2v) is 6.56. The Kier molecular flexibility index (Phi) is 6.97. The fourth-order valence-electron chi connectivity index (χ4n) is 2.72. The summed E-state index contributed by atoms with van der Waals surface area (Å²) >= 11 is 0. The molecule has 0 aliphatic carbocycles. The Labute approximate surface area is 187 Å². The highest BCUT2D eigenvalue weighted by atomic mass is 19.4. The van der Waals surface area contributed by atoms with Gasteiger partial charge in [0.2, 0.25) is 0 Å². The van der Waals surface area contributed by atoms with Crippen molar-refractivity contribution in [3.05, 3.63) is 96.8 Å². The zero-order valence-corrected chi connectivity index (χ0v) is 17.1. The van der Waals surface area contributed by atoms with Crippen LogP contribution in [0.1, 0.15) is 16.9 Å². The van der Waals surface area contributed by atoms with Gasteiger partial charge in [0, 0.05) is 17.7 Å². The van der Waals surface area contributed by atoms with Crippen molar-refractivity contribution < 1.29 is 36.7 Å². The van der Waals surface area contributed by atoms with Crippen molar-refractivity contribution >= 4 is 24.1 Å². The van der Waals surface area contributed by atoms with Crippen LogP contribution in [0.4, 0.5) is 13.2 Å². The van der Waals surface area contributed by atoms with Crippen LogP contribution < -0.4 is 9.47 Å². The van der Waals surface area contributed by atoms with Gasteiger partial charge in [0.05, 0.1) is 5.56 Å². The van der Waals surface area contributed by atoms with Crippen LogP contribution in [0.15, 0.2) is 84.3 Å². The molecule has 8 heteroatoms. The molecule has 3 rings (SSSR count). The SMILES string of the molecule is C=CC(=O)Oc1ccc(C=Cc2ccc(-c3ccc(OC(=O)C=C)c(C(F)(F)F)c3)o2)cc1. The Morgan fingerprint density at radius 1 is 0.848 bits per heavy atom. The smallest absolute Gasteiger partial charge is 0.420 e. The lowest BCUT2D eigenvalue weighted by atomic mass is 10.1. The third-order valence-electron chi connectivity index (χ3n) is 4.28. The third kappa shape index (κ3) is 6.10. The molecule has 33 heavy (non-hydrogen) atoms. The molecule has 0 fully saturated rings. The quantitative estimate of drug-likeness (QED) is 0.238. The van der Waals surface area contributed by atoms with E-state index in [1.54, 1.807) is 42.5 Å². The average molecular weight is 454 g/mol. The van der Waals surface area contributed by atoms with Crippen LogP contribution in [0.2, 0.25) is 0 Å². The summed E-state index contributed by atoms with van der Waals surface area (Å²) in [6, 6.07) is 13.0. The predicted molar refractivity (Wildman–Crippen MR) is 116 cm³/mol. The van der Waals surface area contributed by atoms with Gasteiger partial charge in [-0.05, 0) is 54.1 Å². The fraction of sp³-hybridized carbons (Fsp3) is 0.0400. The molecule has 0 aliphatic rings. The van der Waals surface area contributed by atoms with Crippen molar-refractivity contribution in [3.63, 3.8) is 0 Å². The summed E-state index contributed by atoms with van der Waals surface area (Å²) in [6.07, 6.45) is 0.454. The van der Waals surface area contributed by atoms with Gasteiger partial charge in [-0.2, -0.15) is 13.2 Å². The number of carbonyl (C=O) groups is 2. The summed E-state index contributed by atoms with van der Waals surface area (Å²) in [4.78, 5) is 22.5. The Hall–Kier alpha value is -4.33. The second kappa shape index (κ2) is 9.86. The molecule has 0 saturated heterocycles. The zero-order valence-electron chi connectivity index (χ0n) is 17.1. The molecule has 3 aromatic rings. The third-order valence-corrected chi connectivity index (χ3v) is 4.28. The molecule has 168 valence electrons. The lowest BCUT2D eigenvalue weighted by Gasteiger charge is -2.13. The van der Waals surface area contributed by atoms with Gasteiger partial charge < -0.3 is 13.9 Å². The summed E-state index contributed by atoms with van der Waals surface area (Å²) in [5.41, 5.74) is -0.172. The number of esters is 2. The normalized spacial score (nSPS) is 11.2. The Bertz CT molecular complexity index is 1220. The standard InChI is InChI=1S/C25H17F3O5/c1-3-23(29)32-19-10-6-16(7-11-19)5-9-18-12-14-21(31-18)17-8-13-22(33-24(30)4-2)20(15-17)25(26,27)28/h3-15H,1-2H2. The minimum atomic E-state index is -4.74. The summed E-state index contributed by atoms with van der Waals surface area (Å²) < 4.78 is 55.6. The molecule has 2 aromatic carbocycles. The van der Waals surface area contributed by atoms with E-state index in [1.165, 1.54) is 12.1 Å². The van der Waals surface area contributed by atoms with E-state index < -0.39 is 29.4 Å². The van der Waals surface area contributed by atoms with Crippen molar-refractivity contribution in [2.24, 2.45) is 0 Å². The first-order chi connectivity index (χ1) is 15.7. The molecule has 0 N–H and O–H groups in total. The van der Waals surface area contributed by atoms with Crippen LogP contribution in [0, 0.1) is 0 Å². The van der Waals surface area contributed by atoms with Crippen LogP contribution >= 0.6 is 0 Å². The van der Waals surface area contributed by atoms with Crippen LogP contribution in [0.25, 0.3) is 23.5 Å². The molecule has 0 unspecified atom stereocenters. The van der Waals surface area contributed by atoms with Crippen LogP contribution in [0.5, 0.6) is 11.5 Å². The van der Waals surface area contributed by atoms with Gasteiger partial charge in [-0.25, -0.2) is 9.59 Å². The number of hydrogen-bond acceptors (Lipinski definition) is 5. The van der Waals surface area contributed by atoms with E-state index in [9.17, 15) is 22.8 Å². The minimum absolute atomic E-state index is 0.161. The number of ether oxygens (including phenoxy) is 2. The number of carbonyl (C=O) groups excluding carboxylic acids is 2. The van der Waals surface area contributed by atoms with E-state index in [1.807, 2.05) is 0 Å². The molecule has 1 aromatic heterocycles. The molecule has 1 heterocycles. The second-order valence-electron chi connectivity index (χ2n) is 6.56. The van der Waals surface area contributed by atoms with Crippen molar-refractivity contribution in [2.45, 2.75) is 6.18 Å².